The molecule has 0 amide bonds. The molecule has 6 heteroatoms. The first-order chi connectivity index (χ1) is 8.86. The molecular formula is C12H17N5O. The molecule has 0 aliphatic heterocycles. The van der Waals surface area contributed by atoms with E-state index in [-0.39, 0.29) is 0 Å². The largest absolute Gasteiger partial charge is 0.383 e. The summed E-state index contributed by atoms with van der Waals surface area (Å²) in [5.41, 5.74) is 1.02. The fourth-order valence-corrected chi connectivity index (χ4v) is 1.81. The SMILES string of the molecule is COCCn1cc(-n2ccnc2NC2CC2)cn1. The topological polar surface area (TPSA) is 56.9 Å². The van der Waals surface area contributed by atoms with Gasteiger partial charge in [0.1, 0.15) is 0 Å². The molecule has 3 rings (SSSR count). The maximum atomic E-state index is 5.04. The van der Waals surface area contributed by atoms with E-state index >= 15 is 0 Å². The van der Waals surface area contributed by atoms with Crippen LogP contribution in [0.25, 0.3) is 5.69 Å². The number of nitrogens with one attached hydrogen (secondary N) is 1. The summed E-state index contributed by atoms with van der Waals surface area (Å²) in [4.78, 5) is 4.33. The molecule has 1 saturated carbocycles. The number of rotatable bonds is 6. The van der Waals surface area contributed by atoms with Crippen molar-refractivity contribution in [3.63, 3.8) is 0 Å². The number of anilines is 1. The number of hydrogen-bond donors (Lipinski definition) is 1. The number of hydrogen-bond acceptors (Lipinski definition) is 4. The van der Waals surface area contributed by atoms with E-state index in [9.17, 15) is 0 Å². The molecule has 1 N–H and O–H groups in total. The summed E-state index contributed by atoms with van der Waals surface area (Å²) in [6, 6.07) is 0.592. The van der Waals surface area contributed by atoms with Gasteiger partial charge in [0.15, 0.2) is 0 Å². The van der Waals surface area contributed by atoms with Crippen LogP contribution in [0.5, 0.6) is 0 Å². The number of ether oxygens (including phenoxy) is 1. The van der Waals surface area contributed by atoms with Crippen LogP contribution < -0.4 is 5.32 Å². The summed E-state index contributed by atoms with van der Waals surface area (Å²) in [5, 5.41) is 7.71. The van der Waals surface area contributed by atoms with Crippen molar-refractivity contribution in [3.05, 3.63) is 24.8 Å². The van der Waals surface area contributed by atoms with Crippen molar-refractivity contribution in [3.8, 4) is 5.69 Å². The zero-order valence-electron chi connectivity index (χ0n) is 10.4. The van der Waals surface area contributed by atoms with Gasteiger partial charge in [-0.25, -0.2) is 4.98 Å². The average Bonchev–Trinajstić information content (AvgIpc) is 2.89. The Morgan fingerprint density at radius 3 is 3.17 bits per heavy atom. The van der Waals surface area contributed by atoms with Crippen molar-refractivity contribution in [2.75, 3.05) is 19.0 Å². The van der Waals surface area contributed by atoms with E-state index in [0.29, 0.717) is 12.6 Å². The smallest absolute Gasteiger partial charge is 0.207 e. The van der Waals surface area contributed by atoms with E-state index in [1.165, 1.54) is 12.8 Å². The van der Waals surface area contributed by atoms with E-state index in [4.69, 9.17) is 4.74 Å². The van der Waals surface area contributed by atoms with Gasteiger partial charge in [-0.3, -0.25) is 9.25 Å². The zero-order valence-corrected chi connectivity index (χ0v) is 10.4. The Morgan fingerprint density at radius 2 is 2.39 bits per heavy atom. The summed E-state index contributed by atoms with van der Waals surface area (Å²) in [6.07, 6.45) is 10.1. The van der Waals surface area contributed by atoms with Crippen LogP contribution in [0.4, 0.5) is 5.95 Å². The maximum absolute atomic E-state index is 5.04. The Bertz CT molecular complexity index is 514. The van der Waals surface area contributed by atoms with Gasteiger partial charge in [-0.2, -0.15) is 5.10 Å². The predicted octanol–water partition coefficient (Wildman–Crippen LogP) is 1.29. The lowest BCUT2D eigenvalue weighted by Crippen LogP contribution is -2.07. The van der Waals surface area contributed by atoms with Gasteiger partial charge in [0.05, 0.1) is 25.0 Å². The normalized spacial score (nSPS) is 14.9. The van der Waals surface area contributed by atoms with E-state index in [1.807, 2.05) is 27.8 Å². The van der Waals surface area contributed by atoms with Gasteiger partial charge < -0.3 is 10.1 Å². The Kier molecular flexibility index (Phi) is 3.02. The van der Waals surface area contributed by atoms with E-state index in [1.54, 1.807) is 13.3 Å². The predicted molar refractivity (Wildman–Crippen MR) is 67.9 cm³/mol. The lowest BCUT2D eigenvalue weighted by Gasteiger charge is -2.06. The van der Waals surface area contributed by atoms with Crippen molar-refractivity contribution in [2.45, 2.75) is 25.4 Å². The minimum atomic E-state index is 0.592. The second kappa shape index (κ2) is 4.81. The minimum Gasteiger partial charge on any atom is -0.383 e. The van der Waals surface area contributed by atoms with E-state index < -0.39 is 0 Å². The number of imidazole rings is 1. The molecule has 0 aromatic carbocycles. The van der Waals surface area contributed by atoms with Crippen LogP contribution in [0.2, 0.25) is 0 Å². The molecule has 2 heterocycles. The zero-order chi connectivity index (χ0) is 12.4. The summed E-state index contributed by atoms with van der Waals surface area (Å²) in [7, 11) is 1.69. The molecule has 0 atom stereocenters. The molecule has 1 aliphatic carbocycles. The summed E-state index contributed by atoms with van der Waals surface area (Å²) in [6.45, 7) is 1.43. The van der Waals surface area contributed by atoms with Crippen molar-refractivity contribution in [1.82, 2.24) is 19.3 Å². The molecule has 6 nitrogen and oxygen atoms in total. The van der Waals surface area contributed by atoms with Crippen molar-refractivity contribution in [1.29, 1.82) is 0 Å². The van der Waals surface area contributed by atoms with Gasteiger partial charge in [-0.05, 0) is 12.8 Å². The highest BCUT2D eigenvalue weighted by Gasteiger charge is 2.22. The van der Waals surface area contributed by atoms with Crippen molar-refractivity contribution in [2.24, 2.45) is 0 Å². The molecule has 96 valence electrons. The Hall–Kier alpha value is -1.82. The van der Waals surface area contributed by atoms with Crippen LogP contribution in [-0.4, -0.2) is 39.1 Å². The second-order valence-corrected chi connectivity index (χ2v) is 4.49. The van der Waals surface area contributed by atoms with Crippen LogP contribution in [0.15, 0.2) is 24.8 Å². The van der Waals surface area contributed by atoms with E-state index in [2.05, 4.69) is 15.4 Å². The van der Waals surface area contributed by atoms with Crippen LogP contribution in [0.1, 0.15) is 12.8 Å². The van der Waals surface area contributed by atoms with Gasteiger partial charge in [0, 0.05) is 31.7 Å². The highest BCUT2D eigenvalue weighted by molar-refractivity contribution is 5.40. The van der Waals surface area contributed by atoms with Crippen LogP contribution in [0, 0.1) is 0 Å². The lowest BCUT2D eigenvalue weighted by molar-refractivity contribution is 0.183. The van der Waals surface area contributed by atoms with Crippen LogP contribution in [0.3, 0.4) is 0 Å². The monoisotopic (exact) mass is 247 g/mol. The van der Waals surface area contributed by atoms with Gasteiger partial charge >= 0.3 is 0 Å². The fraction of sp³-hybridized carbons (Fsp3) is 0.500. The van der Waals surface area contributed by atoms with Crippen LogP contribution in [-0.2, 0) is 11.3 Å². The average molecular weight is 247 g/mol. The summed E-state index contributed by atoms with van der Waals surface area (Å²) < 4.78 is 8.94. The first-order valence-corrected chi connectivity index (χ1v) is 6.18. The third kappa shape index (κ3) is 2.38. The number of nitrogens with zero attached hydrogens (tertiary/aromatic N) is 4. The van der Waals surface area contributed by atoms with Gasteiger partial charge in [-0.15, -0.1) is 0 Å². The van der Waals surface area contributed by atoms with Crippen molar-refractivity contribution >= 4 is 5.95 Å². The first kappa shape index (κ1) is 11.3. The van der Waals surface area contributed by atoms with Gasteiger partial charge in [-0.1, -0.05) is 0 Å². The fourth-order valence-electron chi connectivity index (χ4n) is 1.81. The Labute approximate surface area is 106 Å². The molecule has 2 aromatic heterocycles. The number of aromatic nitrogens is 4. The molecule has 0 saturated heterocycles. The summed E-state index contributed by atoms with van der Waals surface area (Å²) in [5.74, 6) is 0.892. The second-order valence-electron chi connectivity index (χ2n) is 4.49. The van der Waals surface area contributed by atoms with Gasteiger partial charge in [0.25, 0.3) is 0 Å². The number of methoxy groups -OCH3 is 1. The third-order valence-corrected chi connectivity index (χ3v) is 2.97. The highest BCUT2D eigenvalue weighted by atomic mass is 16.5. The van der Waals surface area contributed by atoms with Crippen molar-refractivity contribution < 1.29 is 4.74 Å². The Morgan fingerprint density at radius 1 is 1.50 bits per heavy atom. The van der Waals surface area contributed by atoms with Gasteiger partial charge in [0.2, 0.25) is 5.95 Å². The van der Waals surface area contributed by atoms with E-state index in [0.717, 1.165) is 18.2 Å². The molecule has 0 bridgehead atoms. The van der Waals surface area contributed by atoms with Crippen LogP contribution >= 0.6 is 0 Å². The highest BCUT2D eigenvalue weighted by Crippen LogP contribution is 2.25. The summed E-state index contributed by atoms with van der Waals surface area (Å²) >= 11 is 0. The molecule has 0 unspecified atom stereocenters. The quantitative estimate of drug-likeness (QED) is 0.835. The molecule has 0 spiro atoms. The lowest BCUT2D eigenvalue weighted by atomic mass is 10.5. The molecule has 2 aromatic rings. The Balaban J connectivity index is 1.76. The maximum Gasteiger partial charge on any atom is 0.207 e. The first-order valence-electron chi connectivity index (χ1n) is 6.18. The third-order valence-electron chi connectivity index (χ3n) is 2.97. The standard InChI is InChI=1S/C12H17N5O/c1-18-7-6-16-9-11(8-14-16)17-5-4-13-12(17)15-10-2-3-10/h4-5,8-10H,2-3,6-7H2,1H3,(H,13,15). The minimum absolute atomic E-state index is 0.592. The molecule has 18 heavy (non-hydrogen) atoms. The molecule has 0 radical (unpaired) electrons. The molecular weight excluding hydrogens is 230 g/mol. The molecule has 1 aliphatic rings. The molecule has 1 fully saturated rings.